The summed E-state index contributed by atoms with van der Waals surface area (Å²) in [6.45, 7) is 8.70. The Hall–Kier alpha value is -1.12. The average molecular weight is 194 g/mol. The number of allylic oxidation sites excluding steroid dienone is 1. The van der Waals surface area contributed by atoms with Crippen LogP contribution in [-0.2, 0) is 4.79 Å². The molecule has 3 heteroatoms. The summed E-state index contributed by atoms with van der Waals surface area (Å²) < 4.78 is 0. The molecule has 0 aromatic carbocycles. The molecule has 0 radical (unpaired) electrons. The third-order valence-electron chi connectivity index (χ3n) is 1.80. The van der Waals surface area contributed by atoms with Gasteiger partial charge in [-0.15, -0.1) is 0 Å². The van der Waals surface area contributed by atoms with Crippen molar-refractivity contribution in [2.75, 3.05) is 6.54 Å². The average Bonchev–Trinajstić information content (AvgIpc) is 2.30. The van der Waals surface area contributed by atoms with Crippen LogP contribution in [0.25, 0.3) is 0 Å². The summed E-state index contributed by atoms with van der Waals surface area (Å²) in [5.74, 6) is 0.0437. The van der Waals surface area contributed by atoms with Gasteiger partial charge in [-0.2, -0.15) is 0 Å². The smallest absolute Gasteiger partial charge is 0.226 e. The maximum absolute atomic E-state index is 11.5. The molecule has 1 N–H and O–H groups in total. The maximum Gasteiger partial charge on any atom is 0.226 e. The molecule has 1 amide bonds. The second-order valence-electron chi connectivity index (χ2n) is 4.77. The zero-order valence-electron chi connectivity index (χ0n) is 9.35. The van der Waals surface area contributed by atoms with E-state index in [2.05, 4.69) is 10.3 Å². The SMILES string of the molecule is CC1=CC(CC(=O)NC(C)(C)C)=NC1. The van der Waals surface area contributed by atoms with E-state index in [1.807, 2.05) is 33.8 Å². The van der Waals surface area contributed by atoms with Gasteiger partial charge in [0, 0.05) is 11.3 Å². The highest BCUT2D eigenvalue weighted by Crippen LogP contribution is 2.07. The van der Waals surface area contributed by atoms with Crippen molar-refractivity contribution in [2.45, 2.75) is 39.7 Å². The van der Waals surface area contributed by atoms with Gasteiger partial charge in [0.15, 0.2) is 0 Å². The Morgan fingerprint density at radius 1 is 1.57 bits per heavy atom. The summed E-state index contributed by atoms with van der Waals surface area (Å²) in [7, 11) is 0. The molecule has 0 saturated heterocycles. The van der Waals surface area contributed by atoms with E-state index in [1.165, 1.54) is 5.57 Å². The molecule has 0 aromatic heterocycles. The standard InChI is InChI=1S/C11H18N2O/c1-8-5-9(12-7-8)6-10(14)13-11(2,3)4/h5H,6-7H2,1-4H3,(H,13,14). The highest BCUT2D eigenvalue weighted by molar-refractivity contribution is 6.08. The van der Waals surface area contributed by atoms with Crippen LogP contribution in [0.1, 0.15) is 34.1 Å². The minimum Gasteiger partial charge on any atom is -0.351 e. The molecule has 0 bridgehead atoms. The molecule has 0 aliphatic carbocycles. The summed E-state index contributed by atoms with van der Waals surface area (Å²) in [6.07, 6.45) is 2.39. The normalized spacial score (nSPS) is 16.3. The number of aliphatic imine (C=N–C) groups is 1. The predicted octanol–water partition coefficient (Wildman–Crippen LogP) is 1.69. The van der Waals surface area contributed by atoms with Crippen molar-refractivity contribution >= 4 is 11.6 Å². The van der Waals surface area contributed by atoms with Crippen LogP contribution in [0.2, 0.25) is 0 Å². The zero-order valence-corrected chi connectivity index (χ0v) is 9.35. The molecule has 1 heterocycles. The first-order valence-electron chi connectivity index (χ1n) is 4.88. The van der Waals surface area contributed by atoms with Crippen LogP contribution in [0.4, 0.5) is 0 Å². The van der Waals surface area contributed by atoms with E-state index in [1.54, 1.807) is 0 Å². The zero-order chi connectivity index (χ0) is 10.8. The topological polar surface area (TPSA) is 41.5 Å². The van der Waals surface area contributed by atoms with Crippen molar-refractivity contribution in [1.29, 1.82) is 0 Å². The second kappa shape index (κ2) is 3.95. The molecule has 1 rings (SSSR count). The van der Waals surface area contributed by atoms with E-state index in [0.717, 1.165) is 12.3 Å². The molecule has 0 saturated carbocycles. The van der Waals surface area contributed by atoms with Crippen LogP contribution in [0.15, 0.2) is 16.6 Å². The molecule has 78 valence electrons. The van der Waals surface area contributed by atoms with Gasteiger partial charge in [0.1, 0.15) is 0 Å². The van der Waals surface area contributed by atoms with E-state index >= 15 is 0 Å². The summed E-state index contributed by atoms with van der Waals surface area (Å²) >= 11 is 0. The van der Waals surface area contributed by atoms with Crippen molar-refractivity contribution in [3.8, 4) is 0 Å². The largest absolute Gasteiger partial charge is 0.351 e. The van der Waals surface area contributed by atoms with Crippen molar-refractivity contribution in [1.82, 2.24) is 5.32 Å². The quantitative estimate of drug-likeness (QED) is 0.714. The summed E-state index contributed by atoms with van der Waals surface area (Å²) in [5, 5.41) is 2.91. The molecule has 14 heavy (non-hydrogen) atoms. The summed E-state index contributed by atoms with van der Waals surface area (Å²) in [6, 6.07) is 0. The Bertz CT molecular complexity index is 295. The number of hydrogen-bond donors (Lipinski definition) is 1. The first-order chi connectivity index (χ1) is 6.37. The Balaban J connectivity index is 2.43. The molecule has 0 unspecified atom stereocenters. The maximum atomic E-state index is 11.5. The van der Waals surface area contributed by atoms with Crippen molar-refractivity contribution < 1.29 is 4.79 Å². The first-order valence-corrected chi connectivity index (χ1v) is 4.88. The summed E-state index contributed by atoms with van der Waals surface area (Å²) in [4.78, 5) is 15.8. The van der Waals surface area contributed by atoms with Gasteiger partial charge >= 0.3 is 0 Å². The number of nitrogens with one attached hydrogen (secondary N) is 1. The van der Waals surface area contributed by atoms with Crippen LogP contribution in [-0.4, -0.2) is 23.7 Å². The van der Waals surface area contributed by atoms with Crippen LogP contribution in [0.3, 0.4) is 0 Å². The highest BCUT2D eigenvalue weighted by Gasteiger charge is 2.15. The minimum atomic E-state index is -0.158. The van der Waals surface area contributed by atoms with E-state index in [0.29, 0.717) is 6.42 Å². The molecular formula is C11H18N2O. The number of carbonyl (C=O) groups excluding carboxylic acids is 1. The van der Waals surface area contributed by atoms with Crippen molar-refractivity contribution in [2.24, 2.45) is 4.99 Å². The second-order valence-corrected chi connectivity index (χ2v) is 4.77. The molecular weight excluding hydrogens is 176 g/mol. The molecule has 3 nitrogen and oxygen atoms in total. The Kier molecular flexibility index (Phi) is 3.09. The lowest BCUT2D eigenvalue weighted by molar-refractivity contribution is -0.121. The molecule has 0 atom stereocenters. The number of rotatable bonds is 2. The fraction of sp³-hybridized carbons (Fsp3) is 0.636. The summed E-state index contributed by atoms with van der Waals surface area (Å²) in [5.41, 5.74) is 1.96. The minimum absolute atomic E-state index is 0.0437. The lowest BCUT2D eigenvalue weighted by Crippen LogP contribution is -2.41. The Morgan fingerprint density at radius 3 is 2.64 bits per heavy atom. The van der Waals surface area contributed by atoms with Gasteiger partial charge in [0.2, 0.25) is 5.91 Å². The highest BCUT2D eigenvalue weighted by atomic mass is 16.1. The van der Waals surface area contributed by atoms with Gasteiger partial charge in [-0.05, 0) is 33.8 Å². The van der Waals surface area contributed by atoms with Crippen LogP contribution in [0, 0.1) is 0 Å². The molecule has 1 aliphatic rings. The number of amides is 1. The van der Waals surface area contributed by atoms with Gasteiger partial charge in [0.25, 0.3) is 0 Å². The van der Waals surface area contributed by atoms with Crippen molar-refractivity contribution in [3.63, 3.8) is 0 Å². The fourth-order valence-electron chi connectivity index (χ4n) is 1.34. The number of hydrogen-bond acceptors (Lipinski definition) is 2. The van der Waals surface area contributed by atoms with Gasteiger partial charge in [-0.1, -0.05) is 5.57 Å². The first kappa shape index (κ1) is 11.0. The lowest BCUT2D eigenvalue weighted by Gasteiger charge is -2.20. The third kappa shape index (κ3) is 3.73. The molecule has 0 aromatic rings. The fourth-order valence-corrected chi connectivity index (χ4v) is 1.34. The third-order valence-corrected chi connectivity index (χ3v) is 1.80. The van der Waals surface area contributed by atoms with Crippen LogP contribution < -0.4 is 5.32 Å². The van der Waals surface area contributed by atoms with E-state index < -0.39 is 0 Å². The Morgan fingerprint density at radius 2 is 2.21 bits per heavy atom. The van der Waals surface area contributed by atoms with Crippen LogP contribution in [0.5, 0.6) is 0 Å². The van der Waals surface area contributed by atoms with Gasteiger partial charge in [-0.3, -0.25) is 9.79 Å². The lowest BCUT2D eigenvalue weighted by atomic mass is 10.1. The predicted molar refractivity (Wildman–Crippen MR) is 58.6 cm³/mol. The van der Waals surface area contributed by atoms with Gasteiger partial charge in [-0.25, -0.2) is 0 Å². The van der Waals surface area contributed by atoms with Crippen molar-refractivity contribution in [3.05, 3.63) is 11.6 Å². The number of nitrogens with zero attached hydrogens (tertiary/aromatic N) is 1. The molecule has 0 spiro atoms. The van der Waals surface area contributed by atoms with E-state index in [-0.39, 0.29) is 11.4 Å². The Labute approximate surface area is 85.3 Å². The number of carbonyl (C=O) groups is 1. The van der Waals surface area contributed by atoms with E-state index in [9.17, 15) is 4.79 Å². The van der Waals surface area contributed by atoms with Crippen LogP contribution >= 0.6 is 0 Å². The molecule has 0 fully saturated rings. The molecule has 1 aliphatic heterocycles. The van der Waals surface area contributed by atoms with Gasteiger partial charge in [0.05, 0.1) is 13.0 Å². The van der Waals surface area contributed by atoms with E-state index in [4.69, 9.17) is 0 Å². The monoisotopic (exact) mass is 194 g/mol. The van der Waals surface area contributed by atoms with Gasteiger partial charge < -0.3 is 5.32 Å².